The average molecular weight is 477 g/mol. The molecule has 1 aromatic heterocycles. The quantitative estimate of drug-likeness (QED) is 0.541. The van der Waals surface area contributed by atoms with Crippen LogP contribution < -0.4 is 10.1 Å². The van der Waals surface area contributed by atoms with E-state index in [0.717, 1.165) is 11.1 Å². The summed E-state index contributed by atoms with van der Waals surface area (Å²) in [6, 6.07) is 9.94. The molecule has 0 aliphatic carbocycles. The number of benzene rings is 2. The monoisotopic (exact) mass is 476 g/mol. The number of halogens is 2. The molecule has 1 saturated heterocycles. The molecule has 1 atom stereocenters. The van der Waals surface area contributed by atoms with Crippen LogP contribution in [-0.2, 0) is 17.3 Å². The molecule has 168 valence electrons. The number of ether oxygens (including phenoxy) is 2. The fourth-order valence-corrected chi connectivity index (χ4v) is 4.49. The van der Waals surface area contributed by atoms with Crippen molar-refractivity contribution in [3.8, 4) is 5.75 Å². The summed E-state index contributed by atoms with van der Waals surface area (Å²) in [6.07, 6.45) is 0.566. The minimum absolute atomic E-state index is 0.180. The van der Waals surface area contributed by atoms with Gasteiger partial charge >= 0.3 is 5.97 Å². The number of carboxylic acid groups (broad SMARTS) is 1. The van der Waals surface area contributed by atoms with Crippen molar-refractivity contribution in [2.45, 2.75) is 18.9 Å². The number of nitrogens with one attached hydrogen (secondary N) is 1. The smallest absolute Gasteiger partial charge is 0.335 e. The number of fused-ring (bicyclic) bond motifs is 1. The van der Waals surface area contributed by atoms with Crippen molar-refractivity contribution in [3.63, 3.8) is 0 Å². The van der Waals surface area contributed by atoms with Gasteiger partial charge in [0.05, 0.1) is 34.9 Å². The molecule has 3 aromatic rings. The van der Waals surface area contributed by atoms with E-state index in [1.807, 2.05) is 6.92 Å². The minimum atomic E-state index is -1.00. The van der Waals surface area contributed by atoms with Gasteiger partial charge in [0.2, 0.25) is 0 Å². The summed E-state index contributed by atoms with van der Waals surface area (Å²) in [5, 5.41) is 13.6. The van der Waals surface area contributed by atoms with Gasteiger partial charge in [-0.15, -0.1) is 0 Å². The number of amides is 1. The maximum absolute atomic E-state index is 13.4. The van der Waals surface area contributed by atoms with Crippen molar-refractivity contribution < 1.29 is 24.2 Å². The van der Waals surface area contributed by atoms with Gasteiger partial charge in [-0.3, -0.25) is 4.79 Å². The van der Waals surface area contributed by atoms with Gasteiger partial charge in [-0.25, -0.2) is 4.79 Å². The van der Waals surface area contributed by atoms with Crippen LogP contribution in [0.15, 0.2) is 36.4 Å². The lowest BCUT2D eigenvalue weighted by molar-refractivity contribution is 0.0696. The molecule has 32 heavy (non-hydrogen) atoms. The number of hydrogen-bond donors (Lipinski definition) is 2. The number of rotatable bonds is 6. The van der Waals surface area contributed by atoms with Crippen molar-refractivity contribution >= 4 is 46.0 Å². The largest absolute Gasteiger partial charge is 0.492 e. The third-order valence-electron chi connectivity index (χ3n) is 5.78. The molecule has 9 heteroatoms. The zero-order valence-electron chi connectivity index (χ0n) is 17.6. The van der Waals surface area contributed by atoms with Crippen LogP contribution in [0.2, 0.25) is 10.0 Å². The molecule has 1 unspecified atom stereocenters. The van der Waals surface area contributed by atoms with Crippen LogP contribution in [-0.4, -0.2) is 41.4 Å². The third kappa shape index (κ3) is 3.81. The molecule has 1 amide bonds. The van der Waals surface area contributed by atoms with Crippen LogP contribution >= 0.6 is 23.2 Å². The Hall–Kier alpha value is -2.74. The molecule has 4 rings (SSSR count). The van der Waals surface area contributed by atoms with Crippen LogP contribution in [0.1, 0.15) is 39.8 Å². The summed E-state index contributed by atoms with van der Waals surface area (Å²) in [6.45, 7) is 3.05. The number of aromatic carboxylic acids is 1. The first-order valence-electron chi connectivity index (χ1n) is 10.1. The van der Waals surface area contributed by atoms with Crippen LogP contribution in [0.3, 0.4) is 0 Å². The Bertz CT molecular complexity index is 1200. The van der Waals surface area contributed by atoms with E-state index in [2.05, 4.69) is 5.32 Å². The van der Waals surface area contributed by atoms with Gasteiger partial charge in [0.25, 0.3) is 5.91 Å². The second-order valence-corrected chi connectivity index (χ2v) is 8.43. The lowest BCUT2D eigenvalue weighted by Crippen LogP contribution is -2.47. The predicted molar refractivity (Wildman–Crippen MR) is 122 cm³/mol. The average Bonchev–Trinajstić information content (AvgIpc) is 3.38. The molecule has 0 saturated carbocycles. The van der Waals surface area contributed by atoms with E-state index in [1.165, 1.54) is 12.1 Å². The summed E-state index contributed by atoms with van der Waals surface area (Å²) in [5.74, 6) is -0.851. The number of aryl methyl sites for hydroxylation is 1. The fourth-order valence-electron chi connectivity index (χ4n) is 4.04. The highest BCUT2D eigenvalue weighted by Gasteiger charge is 2.39. The van der Waals surface area contributed by atoms with E-state index < -0.39 is 11.5 Å². The standard InChI is InChI=1S/C23H22Cl2N2O5/c1-3-32-18-11-16-15(19(24)20(18)25)10-17(27(16)2)21(28)26-23(8-9-31-12-23)14-6-4-13(5-7-14)22(29)30/h4-7,10-11H,3,8-9,12H2,1-2H3,(H,26,28)(H,29,30). The van der Waals surface area contributed by atoms with E-state index in [-0.39, 0.29) is 18.1 Å². The number of carbonyl (C=O) groups is 2. The maximum Gasteiger partial charge on any atom is 0.335 e. The molecule has 2 N–H and O–H groups in total. The van der Waals surface area contributed by atoms with Gasteiger partial charge in [-0.05, 0) is 30.7 Å². The van der Waals surface area contributed by atoms with E-state index in [9.17, 15) is 9.59 Å². The Kier molecular flexibility index (Phi) is 6.07. The van der Waals surface area contributed by atoms with Crippen LogP contribution in [0.5, 0.6) is 5.75 Å². The minimum Gasteiger partial charge on any atom is -0.492 e. The molecule has 7 nitrogen and oxygen atoms in total. The van der Waals surface area contributed by atoms with Crippen molar-refractivity contribution in [1.82, 2.24) is 9.88 Å². The van der Waals surface area contributed by atoms with Crippen molar-refractivity contribution in [2.24, 2.45) is 7.05 Å². The molecule has 1 fully saturated rings. The third-order valence-corrected chi connectivity index (χ3v) is 6.65. The summed E-state index contributed by atoms with van der Waals surface area (Å²) >= 11 is 12.8. The lowest BCUT2D eigenvalue weighted by Gasteiger charge is -2.29. The number of hydrogen-bond acceptors (Lipinski definition) is 4. The predicted octanol–water partition coefficient (Wildman–Crippen LogP) is 4.63. The number of aromatic nitrogens is 1. The first kappa shape index (κ1) is 22.5. The van der Waals surface area contributed by atoms with Crippen molar-refractivity contribution in [1.29, 1.82) is 0 Å². The summed E-state index contributed by atoms with van der Waals surface area (Å²) in [5.41, 5.74) is 1.32. The van der Waals surface area contributed by atoms with Crippen LogP contribution in [0, 0.1) is 0 Å². The van der Waals surface area contributed by atoms with Crippen LogP contribution in [0.4, 0.5) is 0 Å². The van der Waals surface area contributed by atoms with Crippen molar-refractivity contribution in [3.05, 3.63) is 63.3 Å². The molecular formula is C23H22Cl2N2O5. The Morgan fingerprint density at radius 3 is 2.53 bits per heavy atom. The summed E-state index contributed by atoms with van der Waals surface area (Å²) < 4.78 is 12.9. The van der Waals surface area contributed by atoms with E-state index in [4.69, 9.17) is 37.8 Å². The fraction of sp³-hybridized carbons (Fsp3) is 0.304. The Labute approximate surface area is 194 Å². The van der Waals surface area contributed by atoms with Gasteiger partial charge in [0.15, 0.2) is 0 Å². The molecule has 1 aliphatic rings. The van der Waals surface area contributed by atoms with Gasteiger partial charge in [-0.1, -0.05) is 35.3 Å². The summed E-state index contributed by atoms with van der Waals surface area (Å²) in [7, 11) is 1.77. The van der Waals surface area contributed by atoms with Gasteiger partial charge in [-0.2, -0.15) is 0 Å². The topological polar surface area (TPSA) is 89.8 Å². The molecule has 0 spiro atoms. The van der Waals surface area contributed by atoms with E-state index in [0.29, 0.717) is 46.5 Å². The van der Waals surface area contributed by atoms with Gasteiger partial charge in [0.1, 0.15) is 16.5 Å². The molecule has 0 radical (unpaired) electrons. The number of carbonyl (C=O) groups excluding carboxylic acids is 1. The Morgan fingerprint density at radius 2 is 1.94 bits per heavy atom. The highest BCUT2D eigenvalue weighted by molar-refractivity contribution is 6.46. The van der Waals surface area contributed by atoms with Gasteiger partial charge in [0, 0.05) is 31.5 Å². The van der Waals surface area contributed by atoms with Crippen molar-refractivity contribution in [2.75, 3.05) is 19.8 Å². The lowest BCUT2D eigenvalue weighted by atomic mass is 9.88. The number of nitrogens with zero attached hydrogens (tertiary/aromatic N) is 1. The Morgan fingerprint density at radius 1 is 1.22 bits per heavy atom. The Balaban J connectivity index is 1.71. The summed E-state index contributed by atoms with van der Waals surface area (Å²) in [4.78, 5) is 24.6. The zero-order valence-corrected chi connectivity index (χ0v) is 19.1. The zero-order chi connectivity index (χ0) is 23.0. The van der Waals surface area contributed by atoms with E-state index in [1.54, 1.807) is 35.9 Å². The number of carboxylic acids is 1. The molecule has 0 bridgehead atoms. The van der Waals surface area contributed by atoms with E-state index >= 15 is 0 Å². The molecule has 2 aromatic carbocycles. The molecule has 2 heterocycles. The second kappa shape index (κ2) is 8.65. The SMILES string of the molecule is CCOc1cc2c(cc(C(=O)NC3(c4ccc(C(=O)O)cc4)CCOC3)n2C)c(Cl)c1Cl. The second-order valence-electron chi connectivity index (χ2n) is 7.68. The van der Waals surface area contributed by atoms with Crippen LogP contribution in [0.25, 0.3) is 10.9 Å². The first-order chi connectivity index (χ1) is 15.3. The normalized spacial score (nSPS) is 18.1. The first-order valence-corrected chi connectivity index (χ1v) is 10.9. The van der Waals surface area contributed by atoms with Gasteiger partial charge < -0.3 is 24.5 Å². The highest BCUT2D eigenvalue weighted by Crippen LogP contribution is 2.40. The molecular weight excluding hydrogens is 455 g/mol. The molecule has 1 aliphatic heterocycles. The maximum atomic E-state index is 13.4. The highest BCUT2D eigenvalue weighted by atomic mass is 35.5.